The number of nitrogens with zero attached hydrogens (tertiary/aromatic N) is 2. The van der Waals surface area contributed by atoms with Gasteiger partial charge in [-0.1, -0.05) is 18.2 Å². The molecule has 1 aliphatic heterocycles. The van der Waals surface area contributed by atoms with Crippen LogP contribution in [0.5, 0.6) is 0 Å². The fourth-order valence-electron chi connectivity index (χ4n) is 3.73. The normalized spacial score (nSPS) is 15.8. The number of benzene rings is 2. The van der Waals surface area contributed by atoms with Gasteiger partial charge < -0.3 is 16.0 Å². The molecule has 158 valence electrons. The van der Waals surface area contributed by atoms with Gasteiger partial charge in [0, 0.05) is 61.2 Å². The van der Waals surface area contributed by atoms with Gasteiger partial charge in [-0.05, 0) is 48.0 Å². The third-order valence-corrected chi connectivity index (χ3v) is 5.47. The van der Waals surface area contributed by atoms with Crippen LogP contribution in [-0.2, 0) is 11.3 Å². The van der Waals surface area contributed by atoms with Crippen molar-refractivity contribution in [3.8, 4) is 5.69 Å². The van der Waals surface area contributed by atoms with Gasteiger partial charge >= 0.3 is 0 Å². The van der Waals surface area contributed by atoms with Gasteiger partial charge in [-0.15, -0.1) is 0 Å². The Kier molecular flexibility index (Phi) is 5.95. The van der Waals surface area contributed by atoms with E-state index in [1.165, 1.54) is 6.07 Å². The lowest BCUT2D eigenvalue weighted by molar-refractivity contribution is -0.117. The Morgan fingerprint density at radius 3 is 2.35 bits per heavy atom. The molecule has 2 amide bonds. The zero-order valence-electron chi connectivity index (χ0n) is 17.0. The summed E-state index contributed by atoms with van der Waals surface area (Å²) in [6.07, 6.45) is 2.09. The lowest BCUT2D eigenvalue weighted by atomic mass is 10.1. The Hall–Kier alpha value is -3.71. The molecule has 0 saturated carbocycles. The molecule has 1 aromatic heterocycles. The minimum Gasteiger partial charge on any atom is -0.352 e. The average Bonchev–Trinajstić information content (AvgIpc) is 3.18. The molecule has 0 aliphatic carbocycles. The summed E-state index contributed by atoms with van der Waals surface area (Å²) < 4.78 is 1.55. The molecule has 0 radical (unpaired) electrons. The number of hydrogen-bond donors (Lipinski definition) is 2. The highest BCUT2D eigenvalue weighted by Crippen LogP contribution is 2.25. The molecule has 1 saturated heterocycles. The molecule has 4 rings (SSSR count). The first-order valence-corrected chi connectivity index (χ1v) is 10.2. The minimum atomic E-state index is -0.160. The van der Waals surface area contributed by atoms with Gasteiger partial charge in [-0.2, -0.15) is 0 Å². The third kappa shape index (κ3) is 4.57. The Bertz CT molecular complexity index is 1140. The number of aromatic nitrogens is 1. The highest BCUT2D eigenvalue weighted by Gasteiger charge is 2.30. The van der Waals surface area contributed by atoms with E-state index in [2.05, 4.69) is 5.32 Å². The maximum atomic E-state index is 12.5. The summed E-state index contributed by atoms with van der Waals surface area (Å²) in [5.74, 6) is -0.0977. The highest BCUT2D eigenvalue weighted by atomic mass is 16.2. The molecule has 3 aromatic rings. The van der Waals surface area contributed by atoms with Crippen molar-refractivity contribution in [2.45, 2.75) is 13.0 Å². The Morgan fingerprint density at radius 1 is 0.968 bits per heavy atom. The summed E-state index contributed by atoms with van der Waals surface area (Å²) in [5, 5.41) is 2.92. The molecule has 1 aliphatic rings. The molecule has 2 aromatic carbocycles. The largest absolute Gasteiger partial charge is 0.352 e. The quantitative estimate of drug-likeness (QED) is 0.643. The van der Waals surface area contributed by atoms with Gasteiger partial charge in [-0.25, -0.2) is 0 Å². The summed E-state index contributed by atoms with van der Waals surface area (Å²) in [5.41, 5.74) is 8.54. The monoisotopic (exact) mass is 416 g/mol. The maximum Gasteiger partial charge on any atom is 0.255 e. The van der Waals surface area contributed by atoms with Gasteiger partial charge in [-0.3, -0.25) is 19.0 Å². The van der Waals surface area contributed by atoms with E-state index in [9.17, 15) is 14.4 Å². The molecule has 7 nitrogen and oxygen atoms in total. The second-order valence-electron chi connectivity index (χ2n) is 7.61. The van der Waals surface area contributed by atoms with Gasteiger partial charge in [0.05, 0.1) is 0 Å². The number of carbonyl (C=O) groups is 2. The van der Waals surface area contributed by atoms with Crippen molar-refractivity contribution < 1.29 is 9.59 Å². The van der Waals surface area contributed by atoms with Crippen molar-refractivity contribution >= 4 is 17.5 Å². The fourth-order valence-corrected chi connectivity index (χ4v) is 3.73. The van der Waals surface area contributed by atoms with Crippen LogP contribution < -0.4 is 21.5 Å². The number of nitrogens with two attached hydrogens (primary N) is 1. The van der Waals surface area contributed by atoms with E-state index in [4.69, 9.17) is 5.73 Å². The van der Waals surface area contributed by atoms with Crippen molar-refractivity contribution in [3.63, 3.8) is 0 Å². The van der Waals surface area contributed by atoms with Crippen molar-refractivity contribution in [2.24, 2.45) is 11.7 Å². The number of nitrogens with one attached hydrogen (secondary N) is 1. The van der Waals surface area contributed by atoms with Crippen molar-refractivity contribution in [1.82, 2.24) is 9.88 Å². The summed E-state index contributed by atoms with van der Waals surface area (Å²) in [6.45, 7) is 1.40. The van der Waals surface area contributed by atoms with Crippen LogP contribution in [0.4, 0.5) is 5.69 Å². The van der Waals surface area contributed by atoms with E-state index in [1.807, 2.05) is 36.4 Å². The van der Waals surface area contributed by atoms with Crippen LogP contribution in [0, 0.1) is 5.92 Å². The Balaban J connectivity index is 1.37. The summed E-state index contributed by atoms with van der Waals surface area (Å²) in [6, 6.07) is 19.5. The zero-order chi connectivity index (χ0) is 21.8. The van der Waals surface area contributed by atoms with Gasteiger partial charge in [0.15, 0.2) is 0 Å². The molecule has 2 heterocycles. The maximum absolute atomic E-state index is 12.5. The molecule has 1 unspecified atom stereocenters. The molecular weight excluding hydrogens is 392 g/mol. The molecular formula is C24H24N4O3. The number of amides is 2. The van der Waals surface area contributed by atoms with Crippen LogP contribution in [0.1, 0.15) is 22.3 Å². The van der Waals surface area contributed by atoms with E-state index < -0.39 is 0 Å². The van der Waals surface area contributed by atoms with E-state index >= 15 is 0 Å². The standard InChI is InChI=1S/C24H24N4O3/c25-14-17-4-6-19(7-5-17)24(31)26-15-18-13-23(30)28(16-18)21-10-8-20(9-11-21)27-12-2-1-3-22(27)29/h1-12,18H,13-16,25H2,(H,26,31). The van der Waals surface area contributed by atoms with E-state index in [1.54, 1.807) is 39.9 Å². The molecule has 3 N–H and O–H groups in total. The van der Waals surface area contributed by atoms with E-state index in [0.717, 1.165) is 16.9 Å². The number of rotatable bonds is 6. The Labute approximate surface area is 180 Å². The second-order valence-corrected chi connectivity index (χ2v) is 7.61. The lowest BCUT2D eigenvalue weighted by Gasteiger charge is -2.18. The van der Waals surface area contributed by atoms with Crippen LogP contribution >= 0.6 is 0 Å². The van der Waals surface area contributed by atoms with Crippen molar-refractivity contribution in [3.05, 3.63) is 94.4 Å². The third-order valence-electron chi connectivity index (χ3n) is 5.47. The van der Waals surface area contributed by atoms with Gasteiger partial charge in [0.1, 0.15) is 0 Å². The van der Waals surface area contributed by atoms with Crippen molar-refractivity contribution in [2.75, 3.05) is 18.0 Å². The highest BCUT2D eigenvalue weighted by molar-refractivity contribution is 5.96. The summed E-state index contributed by atoms with van der Waals surface area (Å²) in [7, 11) is 0. The number of pyridine rings is 1. The minimum absolute atomic E-state index is 0.0242. The fraction of sp³-hybridized carbons (Fsp3) is 0.208. The van der Waals surface area contributed by atoms with Crippen LogP contribution in [-0.4, -0.2) is 29.5 Å². The Morgan fingerprint density at radius 2 is 1.68 bits per heavy atom. The van der Waals surface area contributed by atoms with Crippen LogP contribution in [0.25, 0.3) is 5.69 Å². The summed E-state index contributed by atoms with van der Waals surface area (Å²) in [4.78, 5) is 38.6. The first-order valence-electron chi connectivity index (χ1n) is 10.2. The van der Waals surface area contributed by atoms with E-state index in [-0.39, 0.29) is 23.3 Å². The molecule has 0 bridgehead atoms. The van der Waals surface area contributed by atoms with Gasteiger partial charge in [0.2, 0.25) is 5.91 Å². The van der Waals surface area contributed by atoms with Crippen LogP contribution in [0.15, 0.2) is 77.7 Å². The summed E-state index contributed by atoms with van der Waals surface area (Å²) >= 11 is 0. The second kappa shape index (κ2) is 8.97. The molecule has 1 atom stereocenters. The molecule has 0 spiro atoms. The number of anilines is 1. The first-order chi connectivity index (χ1) is 15.0. The van der Waals surface area contributed by atoms with Crippen LogP contribution in [0.3, 0.4) is 0 Å². The lowest BCUT2D eigenvalue weighted by Crippen LogP contribution is -2.31. The smallest absolute Gasteiger partial charge is 0.255 e. The average molecular weight is 416 g/mol. The molecule has 1 fully saturated rings. The zero-order valence-corrected chi connectivity index (χ0v) is 17.0. The molecule has 31 heavy (non-hydrogen) atoms. The van der Waals surface area contributed by atoms with Gasteiger partial charge in [0.25, 0.3) is 11.5 Å². The first kappa shape index (κ1) is 20.6. The predicted octanol–water partition coefficient (Wildman–Crippen LogP) is 2.08. The number of hydrogen-bond acceptors (Lipinski definition) is 4. The molecule has 7 heteroatoms. The number of carbonyl (C=O) groups excluding carboxylic acids is 2. The topological polar surface area (TPSA) is 97.4 Å². The van der Waals surface area contributed by atoms with Crippen LogP contribution in [0.2, 0.25) is 0 Å². The predicted molar refractivity (Wildman–Crippen MR) is 119 cm³/mol. The van der Waals surface area contributed by atoms with E-state index in [0.29, 0.717) is 31.6 Å². The van der Waals surface area contributed by atoms with Crippen molar-refractivity contribution in [1.29, 1.82) is 0 Å². The SMILES string of the molecule is NCc1ccc(C(=O)NCC2CC(=O)N(c3ccc(-n4ccccc4=O)cc3)C2)cc1.